The molecule has 0 spiro atoms. The van der Waals surface area contributed by atoms with E-state index in [1.165, 1.54) is 15.3 Å². The third-order valence-electron chi connectivity index (χ3n) is 3.41. The number of halogens is 1. The quantitative estimate of drug-likeness (QED) is 0.862. The number of benzene rings is 1. The van der Waals surface area contributed by atoms with Crippen LogP contribution in [0.4, 0.5) is 0 Å². The first-order valence-corrected chi connectivity index (χ1v) is 7.61. The molecule has 2 aromatic rings. The second-order valence-electron chi connectivity index (χ2n) is 5.13. The third kappa shape index (κ3) is 2.53. The van der Waals surface area contributed by atoms with Gasteiger partial charge in [0, 0.05) is 25.7 Å². The molecule has 0 saturated carbocycles. The smallest absolute Gasteiger partial charge is 0.0494 e. The molecule has 0 bridgehead atoms. The molecule has 1 unspecified atom stereocenters. The fraction of sp³-hybridized carbons (Fsp3) is 0.333. The molecule has 1 heterocycles. The summed E-state index contributed by atoms with van der Waals surface area (Å²) in [4.78, 5) is 2.51. The summed E-state index contributed by atoms with van der Waals surface area (Å²) >= 11 is 5.39. The summed E-state index contributed by atoms with van der Waals surface area (Å²) < 4.78 is 1.13. The molecule has 1 atom stereocenters. The van der Waals surface area contributed by atoms with Gasteiger partial charge in [-0.25, -0.2) is 0 Å². The molecule has 1 aromatic carbocycles. The van der Waals surface area contributed by atoms with Crippen LogP contribution in [0.3, 0.4) is 0 Å². The zero-order valence-corrected chi connectivity index (χ0v) is 13.3. The SMILES string of the molecule is Cc1cc(Br)c(C(N)C(C)(C)c2ccccc2)s1. The van der Waals surface area contributed by atoms with Gasteiger partial charge in [-0.15, -0.1) is 11.3 Å². The van der Waals surface area contributed by atoms with E-state index < -0.39 is 0 Å². The van der Waals surface area contributed by atoms with E-state index in [1.54, 1.807) is 11.3 Å². The molecule has 0 radical (unpaired) electrons. The van der Waals surface area contributed by atoms with Crippen LogP contribution in [0.15, 0.2) is 40.9 Å². The summed E-state index contributed by atoms with van der Waals surface area (Å²) in [7, 11) is 0. The molecule has 1 aromatic heterocycles. The van der Waals surface area contributed by atoms with E-state index in [1.807, 2.05) is 6.07 Å². The highest BCUT2D eigenvalue weighted by Gasteiger charge is 2.31. The van der Waals surface area contributed by atoms with Gasteiger partial charge in [0.1, 0.15) is 0 Å². The van der Waals surface area contributed by atoms with Crippen LogP contribution in [0.25, 0.3) is 0 Å². The van der Waals surface area contributed by atoms with Gasteiger partial charge in [0.25, 0.3) is 0 Å². The van der Waals surface area contributed by atoms with Gasteiger partial charge in [-0.05, 0) is 34.5 Å². The molecule has 0 aliphatic heterocycles. The van der Waals surface area contributed by atoms with Gasteiger partial charge in [0.15, 0.2) is 0 Å². The maximum atomic E-state index is 6.50. The van der Waals surface area contributed by atoms with Gasteiger partial charge in [0.2, 0.25) is 0 Å². The van der Waals surface area contributed by atoms with Crippen molar-refractivity contribution in [2.45, 2.75) is 32.2 Å². The van der Waals surface area contributed by atoms with Crippen LogP contribution >= 0.6 is 27.3 Å². The molecule has 0 aliphatic carbocycles. The Balaban J connectivity index is 2.39. The van der Waals surface area contributed by atoms with Crippen molar-refractivity contribution >= 4 is 27.3 Å². The van der Waals surface area contributed by atoms with E-state index in [9.17, 15) is 0 Å². The minimum Gasteiger partial charge on any atom is -0.323 e. The highest BCUT2D eigenvalue weighted by atomic mass is 79.9. The zero-order valence-electron chi connectivity index (χ0n) is 10.9. The average molecular weight is 324 g/mol. The van der Waals surface area contributed by atoms with Gasteiger partial charge in [-0.1, -0.05) is 44.2 Å². The Morgan fingerprint density at radius 1 is 1.22 bits per heavy atom. The predicted octanol–water partition coefficient (Wildman–Crippen LogP) is 4.80. The molecule has 2 N–H and O–H groups in total. The summed E-state index contributed by atoms with van der Waals surface area (Å²) in [6, 6.07) is 12.6. The third-order valence-corrected chi connectivity index (χ3v) is 5.47. The largest absolute Gasteiger partial charge is 0.323 e. The Bertz CT molecular complexity index is 531. The van der Waals surface area contributed by atoms with Crippen molar-refractivity contribution in [2.24, 2.45) is 5.73 Å². The van der Waals surface area contributed by atoms with Gasteiger partial charge in [0.05, 0.1) is 0 Å². The lowest BCUT2D eigenvalue weighted by Crippen LogP contribution is -2.32. The summed E-state index contributed by atoms with van der Waals surface area (Å²) in [5, 5.41) is 0. The molecule has 96 valence electrons. The molecule has 0 aliphatic rings. The minimum atomic E-state index is -0.0823. The predicted molar refractivity (Wildman–Crippen MR) is 83.2 cm³/mol. The van der Waals surface area contributed by atoms with Gasteiger partial charge < -0.3 is 5.73 Å². The lowest BCUT2D eigenvalue weighted by Gasteiger charge is -2.32. The van der Waals surface area contributed by atoms with E-state index in [4.69, 9.17) is 5.73 Å². The Kier molecular flexibility index (Phi) is 3.95. The summed E-state index contributed by atoms with van der Waals surface area (Å²) in [6.07, 6.45) is 0. The van der Waals surface area contributed by atoms with E-state index in [2.05, 4.69) is 67.0 Å². The van der Waals surface area contributed by atoms with Crippen LogP contribution in [0.2, 0.25) is 0 Å². The summed E-state index contributed by atoms with van der Waals surface area (Å²) in [6.45, 7) is 6.52. The first kappa shape index (κ1) is 13.8. The average Bonchev–Trinajstić information content (AvgIpc) is 2.68. The van der Waals surface area contributed by atoms with Gasteiger partial charge in [-0.2, -0.15) is 0 Å². The standard InChI is InChI=1S/C15H18BrNS/c1-10-9-12(16)13(18-10)14(17)15(2,3)11-7-5-4-6-8-11/h4-9,14H,17H2,1-3H3. The maximum Gasteiger partial charge on any atom is 0.0494 e. The lowest BCUT2D eigenvalue weighted by molar-refractivity contribution is 0.425. The molecule has 0 amide bonds. The van der Waals surface area contributed by atoms with Crippen molar-refractivity contribution in [1.29, 1.82) is 0 Å². The van der Waals surface area contributed by atoms with Crippen molar-refractivity contribution in [3.05, 3.63) is 56.2 Å². The maximum absolute atomic E-state index is 6.50. The Morgan fingerprint density at radius 3 is 2.33 bits per heavy atom. The minimum absolute atomic E-state index is 0.00650. The van der Waals surface area contributed by atoms with Crippen molar-refractivity contribution in [1.82, 2.24) is 0 Å². The van der Waals surface area contributed by atoms with Crippen LogP contribution in [-0.4, -0.2) is 0 Å². The molecular formula is C15H18BrNS. The Hall–Kier alpha value is -0.640. The molecular weight excluding hydrogens is 306 g/mol. The van der Waals surface area contributed by atoms with Crippen molar-refractivity contribution < 1.29 is 0 Å². The van der Waals surface area contributed by atoms with E-state index >= 15 is 0 Å². The van der Waals surface area contributed by atoms with Gasteiger partial charge in [-0.3, -0.25) is 0 Å². The van der Waals surface area contributed by atoms with Gasteiger partial charge >= 0.3 is 0 Å². The first-order chi connectivity index (χ1) is 8.43. The first-order valence-electron chi connectivity index (χ1n) is 6.00. The lowest BCUT2D eigenvalue weighted by atomic mass is 9.77. The Morgan fingerprint density at radius 2 is 1.83 bits per heavy atom. The number of thiophene rings is 1. The number of rotatable bonds is 3. The second kappa shape index (κ2) is 5.16. The normalized spacial score (nSPS) is 13.6. The molecule has 3 heteroatoms. The van der Waals surface area contributed by atoms with Crippen molar-refractivity contribution in [2.75, 3.05) is 0 Å². The van der Waals surface area contributed by atoms with E-state index in [0.29, 0.717) is 0 Å². The molecule has 2 rings (SSSR count). The fourth-order valence-corrected chi connectivity index (χ4v) is 4.17. The second-order valence-corrected chi connectivity index (χ2v) is 7.28. The topological polar surface area (TPSA) is 26.0 Å². The van der Waals surface area contributed by atoms with Crippen molar-refractivity contribution in [3.63, 3.8) is 0 Å². The molecule has 1 nitrogen and oxygen atoms in total. The number of hydrogen-bond donors (Lipinski definition) is 1. The van der Waals surface area contributed by atoms with E-state index in [-0.39, 0.29) is 11.5 Å². The fourth-order valence-electron chi connectivity index (χ4n) is 2.09. The van der Waals surface area contributed by atoms with Crippen LogP contribution in [0.1, 0.15) is 35.2 Å². The van der Waals surface area contributed by atoms with Crippen LogP contribution in [0, 0.1) is 6.92 Å². The molecule has 18 heavy (non-hydrogen) atoms. The molecule has 0 fully saturated rings. The van der Waals surface area contributed by atoms with Crippen molar-refractivity contribution in [3.8, 4) is 0 Å². The van der Waals surface area contributed by atoms with E-state index in [0.717, 1.165) is 4.47 Å². The highest BCUT2D eigenvalue weighted by Crippen LogP contribution is 2.41. The monoisotopic (exact) mass is 323 g/mol. The number of hydrogen-bond acceptors (Lipinski definition) is 2. The van der Waals surface area contributed by atoms with Crippen LogP contribution < -0.4 is 5.73 Å². The van der Waals surface area contributed by atoms with Crippen LogP contribution in [-0.2, 0) is 5.41 Å². The van der Waals surface area contributed by atoms with Crippen LogP contribution in [0.5, 0.6) is 0 Å². The number of aryl methyl sites for hydroxylation is 1. The Labute approximate surface area is 121 Å². The number of nitrogens with two attached hydrogens (primary N) is 1. The zero-order chi connectivity index (χ0) is 13.3. The summed E-state index contributed by atoms with van der Waals surface area (Å²) in [5.74, 6) is 0. The summed E-state index contributed by atoms with van der Waals surface area (Å²) in [5.41, 5.74) is 7.69. The molecule has 0 saturated heterocycles. The highest BCUT2D eigenvalue weighted by molar-refractivity contribution is 9.10.